The molecule has 0 spiro atoms. The summed E-state index contributed by atoms with van der Waals surface area (Å²) in [7, 11) is 2.62. The zero-order chi connectivity index (χ0) is 23.5. The van der Waals surface area contributed by atoms with Gasteiger partial charge in [0.15, 0.2) is 5.82 Å². The lowest BCUT2D eigenvalue weighted by atomic mass is 9.89. The number of nitrogen functional groups attached to an aromatic ring is 1. The zero-order valence-corrected chi connectivity index (χ0v) is 20.1. The molecule has 0 saturated carbocycles. The van der Waals surface area contributed by atoms with Crippen molar-refractivity contribution in [2.75, 3.05) is 25.4 Å². The van der Waals surface area contributed by atoms with Crippen LogP contribution in [0, 0.1) is 0 Å². The Hall–Kier alpha value is -3.22. The van der Waals surface area contributed by atoms with Crippen LogP contribution in [0.1, 0.15) is 36.6 Å². The van der Waals surface area contributed by atoms with Crippen molar-refractivity contribution in [3.63, 3.8) is 0 Å². The van der Waals surface area contributed by atoms with Crippen LogP contribution in [0.15, 0.2) is 53.7 Å². The summed E-state index contributed by atoms with van der Waals surface area (Å²) in [6.45, 7) is 3.05. The number of aryl methyl sites for hydroxylation is 1. The molecule has 1 saturated heterocycles. The van der Waals surface area contributed by atoms with E-state index >= 15 is 0 Å². The quantitative estimate of drug-likeness (QED) is 0.414. The Bertz CT molecular complexity index is 1350. The SMILES string of the molecule is Nc1ncc(C2CCN(CCCc3nc4ccc(P)cc4c(=O)[nH]3)CC2)cc1-c1ncccn1. The molecule has 4 aromatic rings. The molecule has 0 aliphatic carbocycles. The van der Waals surface area contributed by atoms with Gasteiger partial charge in [0.1, 0.15) is 11.6 Å². The number of rotatable bonds is 6. The van der Waals surface area contributed by atoms with E-state index < -0.39 is 0 Å². The predicted octanol–water partition coefficient (Wildman–Crippen LogP) is 2.67. The molecule has 8 nitrogen and oxygen atoms in total. The highest BCUT2D eigenvalue weighted by molar-refractivity contribution is 7.27. The van der Waals surface area contributed by atoms with Crippen molar-refractivity contribution < 1.29 is 0 Å². The van der Waals surface area contributed by atoms with Crippen LogP contribution in [0.2, 0.25) is 0 Å². The minimum Gasteiger partial charge on any atom is -0.383 e. The molecule has 9 heteroatoms. The number of nitrogens with two attached hydrogens (primary N) is 1. The Morgan fingerprint density at radius 3 is 2.71 bits per heavy atom. The first-order valence-corrected chi connectivity index (χ1v) is 12.2. The zero-order valence-electron chi connectivity index (χ0n) is 18.9. The summed E-state index contributed by atoms with van der Waals surface area (Å²) >= 11 is 0. The minimum absolute atomic E-state index is 0.0671. The van der Waals surface area contributed by atoms with Gasteiger partial charge in [-0.25, -0.2) is 19.9 Å². The topological polar surface area (TPSA) is 114 Å². The molecule has 5 rings (SSSR count). The van der Waals surface area contributed by atoms with Gasteiger partial charge in [0.05, 0.1) is 16.5 Å². The molecule has 3 aromatic heterocycles. The normalized spacial score (nSPS) is 15.1. The Morgan fingerprint density at radius 2 is 1.91 bits per heavy atom. The van der Waals surface area contributed by atoms with Gasteiger partial charge in [0.2, 0.25) is 0 Å². The first-order chi connectivity index (χ1) is 16.6. The average molecular weight is 474 g/mol. The number of aromatic amines is 1. The van der Waals surface area contributed by atoms with Gasteiger partial charge in [-0.3, -0.25) is 4.79 Å². The lowest BCUT2D eigenvalue weighted by Crippen LogP contribution is -2.34. The number of aromatic nitrogens is 5. The summed E-state index contributed by atoms with van der Waals surface area (Å²) in [5.74, 6) is 2.28. The van der Waals surface area contributed by atoms with Gasteiger partial charge < -0.3 is 15.6 Å². The van der Waals surface area contributed by atoms with Crippen molar-refractivity contribution in [3.05, 3.63) is 70.7 Å². The number of hydrogen-bond acceptors (Lipinski definition) is 7. The van der Waals surface area contributed by atoms with Gasteiger partial charge in [-0.05, 0) is 79.9 Å². The van der Waals surface area contributed by atoms with Gasteiger partial charge in [0, 0.05) is 25.0 Å². The second-order valence-electron chi connectivity index (χ2n) is 8.78. The van der Waals surface area contributed by atoms with Crippen LogP contribution in [0.25, 0.3) is 22.3 Å². The number of nitrogens with zero attached hydrogens (tertiary/aromatic N) is 5. The van der Waals surface area contributed by atoms with Crippen LogP contribution in [0.4, 0.5) is 5.82 Å². The summed E-state index contributed by atoms with van der Waals surface area (Å²) in [6, 6.07) is 9.61. The van der Waals surface area contributed by atoms with Crippen LogP contribution in [0.3, 0.4) is 0 Å². The standard InChI is InChI=1S/C25H28N7OP/c26-23-20(24-27-8-2-9-28-24)13-17(15-29-23)16-6-11-32(12-7-16)10-1-3-22-30-21-5-4-18(34)14-19(21)25(33)31-22/h2,4-5,8-9,13-16H,1,3,6-7,10-12,34H2,(H2,26,29)(H,30,31,33). The minimum atomic E-state index is -0.0671. The Balaban J connectivity index is 1.16. The second kappa shape index (κ2) is 9.95. The van der Waals surface area contributed by atoms with E-state index in [1.165, 1.54) is 5.56 Å². The maximum absolute atomic E-state index is 12.4. The number of pyridine rings is 1. The molecule has 0 bridgehead atoms. The van der Waals surface area contributed by atoms with E-state index in [-0.39, 0.29) is 5.56 Å². The molecular formula is C25H28N7OP. The van der Waals surface area contributed by atoms with Crippen LogP contribution >= 0.6 is 9.24 Å². The van der Waals surface area contributed by atoms with Crippen LogP contribution < -0.4 is 16.6 Å². The molecule has 34 heavy (non-hydrogen) atoms. The van der Waals surface area contributed by atoms with E-state index in [4.69, 9.17) is 5.73 Å². The van der Waals surface area contributed by atoms with Gasteiger partial charge in [-0.15, -0.1) is 9.24 Å². The molecule has 4 heterocycles. The summed E-state index contributed by atoms with van der Waals surface area (Å²) in [6.07, 6.45) is 9.19. The average Bonchev–Trinajstić information content (AvgIpc) is 2.86. The van der Waals surface area contributed by atoms with Gasteiger partial charge >= 0.3 is 0 Å². The van der Waals surface area contributed by atoms with Crippen molar-refractivity contribution in [2.24, 2.45) is 0 Å². The summed E-state index contributed by atoms with van der Waals surface area (Å²) < 4.78 is 0. The summed E-state index contributed by atoms with van der Waals surface area (Å²) in [5, 5.41) is 1.62. The Kier molecular flexibility index (Phi) is 6.61. The van der Waals surface area contributed by atoms with Gasteiger partial charge in [-0.1, -0.05) is 6.07 Å². The predicted molar refractivity (Wildman–Crippen MR) is 138 cm³/mol. The summed E-state index contributed by atoms with van der Waals surface area (Å²) in [5.41, 5.74) is 8.78. The number of anilines is 1. The molecule has 1 atom stereocenters. The first-order valence-electron chi connectivity index (χ1n) is 11.6. The third-order valence-corrected chi connectivity index (χ3v) is 6.83. The summed E-state index contributed by atoms with van der Waals surface area (Å²) in [4.78, 5) is 35.5. The van der Waals surface area contributed by atoms with E-state index in [0.717, 1.165) is 67.5 Å². The smallest absolute Gasteiger partial charge is 0.258 e. The molecular weight excluding hydrogens is 445 g/mol. The largest absolute Gasteiger partial charge is 0.383 e. The van der Waals surface area contributed by atoms with E-state index in [1.54, 1.807) is 18.5 Å². The number of nitrogens with one attached hydrogen (secondary N) is 1. The monoisotopic (exact) mass is 473 g/mol. The lowest BCUT2D eigenvalue weighted by molar-refractivity contribution is 0.210. The molecule has 1 aliphatic heterocycles. The van der Waals surface area contributed by atoms with E-state index in [1.807, 2.05) is 24.4 Å². The number of likely N-dealkylation sites (tertiary alicyclic amines) is 1. The van der Waals surface area contributed by atoms with E-state index in [2.05, 4.69) is 45.1 Å². The second-order valence-corrected chi connectivity index (χ2v) is 9.45. The van der Waals surface area contributed by atoms with Crippen LogP contribution in [-0.4, -0.2) is 49.5 Å². The Labute approximate surface area is 200 Å². The maximum Gasteiger partial charge on any atom is 0.258 e. The van der Waals surface area contributed by atoms with Crippen LogP contribution in [0.5, 0.6) is 0 Å². The highest BCUT2D eigenvalue weighted by Gasteiger charge is 2.22. The number of hydrogen-bond donors (Lipinski definition) is 2. The molecule has 1 aromatic carbocycles. The number of fused-ring (bicyclic) bond motifs is 1. The first kappa shape index (κ1) is 22.6. The van der Waals surface area contributed by atoms with Crippen molar-refractivity contribution in [1.29, 1.82) is 0 Å². The van der Waals surface area contributed by atoms with Crippen molar-refractivity contribution in [3.8, 4) is 11.4 Å². The van der Waals surface area contributed by atoms with Crippen LogP contribution in [-0.2, 0) is 6.42 Å². The molecule has 0 radical (unpaired) electrons. The highest BCUT2D eigenvalue weighted by atomic mass is 31.0. The molecule has 1 aliphatic rings. The third kappa shape index (κ3) is 4.98. The van der Waals surface area contributed by atoms with E-state index in [9.17, 15) is 4.79 Å². The number of benzene rings is 1. The molecule has 0 amide bonds. The fourth-order valence-electron chi connectivity index (χ4n) is 4.62. The van der Waals surface area contributed by atoms with Gasteiger partial charge in [-0.2, -0.15) is 0 Å². The van der Waals surface area contributed by atoms with Crippen molar-refractivity contribution in [2.45, 2.75) is 31.6 Å². The highest BCUT2D eigenvalue weighted by Crippen LogP contribution is 2.31. The number of H-pyrrole nitrogens is 1. The fourth-order valence-corrected chi connectivity index (χ4v) is 4.88. The fraction of sp³-hybridized carbons (Fsp3) is 0.320. The molecule has 3 N–H and O–H groups in total. The lowest BCUT2D eigenvalue weighted by Gasteiger charge is -2.32. The Morgan fingerprint density at radius 1 is 1.12 bits per heavy atom. The third-order valence-electron chi connectivity index (χ3n) is 6.47. The van der Waals surface area contributed by atoms with Gasteiger partial charge in [0.25, 0.3) is 5.56 Å². The molecule has 1 fully saturated rings. The molecule has 1 unspecified atom stereocenters. The maximum atomic E-state index is 12.4. The van der Waals surface area contributed by atoms with Crippen molar-refractivity contribution in [1.82, 2.24) is 29.8 Å². The number of piperidine rings is 1. The van der Waals surface area contributed by atoms with E-state index in [0.29, 0.717) is 22.9 Å². The molecule has 174 valence electrons. The van der Waals surface area contributed by atoms with Crippen molar-refractivity contribution >= 4 is 31.3 Å².